The topological polar surface area (TPSA) is 76.4 Å². The summed E-state index contributed by atoms with van der Waals surface area (Å²) < 4.78 is 5.30. The van der Waals surface area contributed by atoms with Gasteiger partial charge in [0.05, 0.1) is 10.6 Å². The highest BCUT2D eigenvalue weighted by atomic mass is 32.2. The number of nitrogens with two attached hydrogens (primary N) is 1. The van der Waals surface area contributed by atoms with E-state index in [0.717, 1.165) is 36.1 Å². The number of amides is 1. The van der Waals surface area contributed by atoms with Gasteiger partial charge in [0.1, 0.15) is 9.88 Å². The molecule has 0 bridgehead atoms. The molecule has 4 N–H and O–H groups in total. The van der Waals surface area contributed by atoms with Gasteiger partial charge in [-0.15, -0.1) is 23.1 Å². The van der Waals surface area contributed by atoms with Crippen LogP contribution in [0.3, 0.4) is 0 Å². The molecule has 0 aliphatic carbocycles. The number of nitrogens with one attached hydrogen (secondary N) is 2. The predicted octanol–water partition coefficient (Wildman–Crippen LogP) is 2.64. The van der Waals surface area contributed by atoms with E-state index in [9.17, 15) is 4.79 Å². The van der Waals surface area contributed by atoms with Gasteiger partial charge in [0.15, 0.2) is 0 Å². The fourth-order valence-electron chi connectivity index (χ4n) is 1.68. The maximum Gasteiger partial charge on any atom is 0.263 e. The van der Waals surface area contributed by atoms with E-state index in [2.05, 4.69) is 10.6 Å². The first-order valence-corrected chi connectivity index (χ1v) is 8.75. The van der Waals surface area contributed by atoms with Gasteiger partial charge in [-0.25, -0.2) is 0 Å². The van der Waals surface area contributed by atoms with Crippen LogP contribution in [0.4, 0.5) is 10.7 Å². The number of hydrogen-bond donors (Lipinski definition) is 3. The summed E-state index contributed by atoms with van der Waals surface area (Å²) in [6.07, 6.45) is 2.89. The molecule has 1 rings (SSSR count). The molecule has 0 unspecified atom stereocenters. The Morgan fingerprint density at radius 1 is 1.45 bits per heavy atom. The van der Waals surface area contributed by atoms with E-state index in [-0.39, 0.29) is 5.91 Å². The molecule has 0 saturated carbocycles. The van der Waals surface area contributed by atoms with Gasteiger partial charge in [-0.05, 0) is 26.5 Å². The molecule has 0 aliphatic heterocycles. The van der Waals surface area contributed by atoms with Gasteiger partial charge < -0.3 is 21.1 Å². The van der Waals surface area contributed by atoms with Gasteiger partial charge in [0.2, 0.25) is 0 Å². The van der Waals surface area contributed by atoms with Crippen LogP contribution in [-0.4, -0.2) is 38.5 Å². The van der Waals surface area contributed by atoms with E-state index in [4.69, 9.17) is 10.5 Å². The first-order chi connectivity index (χ1) is 9.65. The van der Waals surface area contributed by atoms with Crippen LogP contribution in [0.2, 0.25) is 0 Å². The van der Waals surface area contributed by atoms with Crippen LogP contribution >= 0.6 is 23.1 Å². The molecule has 0 atom stereocenters. The number of anilines is 2. The summed E-state index contributed by atoms with van der Waals surface area (Å²) in [5.74, 6) is -0.104. The van der Waals surface area contributed by atoms with E-state index < -0.39 is 0 Å². The third kappa shape index (κ3) is 4.57. The van der Waals surface area contributed by atoms with Gasteiger partial charge in [0.25, 0.3) is 5.91 Å². The van der Waals surface area contributed by atoms with Gasteiger partial charge in [0, 0.05) is 26.3 Å². The fraction of sp³-hybridized carbons (Fsp3) is 0.615. The predicted molar refractivity (Wildman–Crippen MR) is 88.1 cm³/mol. The van der Waals surface area contributed by atoms with Crippen LogP contribution in [0.5, 0.6) is 0 Å². The molecule has 20 heavy (non-hydrogen) atoms. The number of hydrogen-bond acceptors (Lipinski definition) is 6. The summed E-state index contributed by atoms with van der Waals surface area (Å²) in [5.41, 5.74) is 6.63. The van der Waals surface area contributed by atoms with Crippen molar-refractivity contribution in [3.63, 3.8) is 0 Å². The Labute approximate surface area is 128 Å². The second kappa shape index (κ2) is 9.10. The van der Waals surface area contributed by atoms with Gasteiger partial charge in [-0.1, -0.05) is 0 Å². The molecule has 1 aromatic heterocycles. The van der Waals surface area contributed by atoms with Crippen LogP contribution < -0.4 is 16.4 Å². The average molecular weight is 317 g/mol. The first kappa shape index (κ1) is 17.1. The lowest BCUT2D eigenvalue weighted by Crippen LogP contribution is -2.22. The molecule has 0 saturated heterocycles. The highest BCUT2D eigenvalue weighted by Crippen LogP contribution is 2.41. The summed E-state index contributed by atoms with van der Waals surface area (Å²) in [6, 6.07) is 0. The zero-order chi connectivity index (χ0) is 15.0. The third-order valence-corrected chi connectivity index (χ3v) is 4.73. The molecule has 0 radical (unpaired) electrons. The Morgan fingerprint density at radius 2 is 2.20 bits per heavy atom. The van der Waals surface area contributed by atoms with Crippen molar-refractivity contribution in [3.8, 4) is 0 Å². The molecule has 1 heterocycles. The summed E-state index contributed by atoms with van der Waals surface area (Å²) in [7, 11) is 0. The molecule has 0 fully saturated rings. The summed E-state index contributed by atoms with van der Waals surface area (Å²) in [6.45, 7) is 6.76. The average Bonchev–Trinajstić information content (AvgIpc) is 2.75. The Balaban J connectivity index is 2.70. The van der Waals surface area contributed by atoms with Crippen LogP contribution in [-0.2, 0) is 4.74 Å². The minimum Gasteiger partial charge on any atom is -0.396 e. The number of thioether (sulfide) groups is 1. The van der Waals surface area contributed by atoms with Crippen molar-refractivity contribution in [2.45, 2.75) is 25.2 Å². The van der Waals surface area contributed by atoms with Gasteiger partial charge >= 0.3 is 0 Å². The van der Waals surface area contributed by atoms with Crippen LogP contribution in [0.1, 0.15) is 29.9 Å². The molecular weight excluding hydrogens is 294 g/mol. The normalized spacial score (nSPS) is 10.6. The molecule has 0 spiro atoms. The largest absolute Gasteiger partial charge is 0.396 e. The highest BCUT2D eigenvalue weighted by Gasteiger charge is 2.19. The molecule has 0 aromatic carbocycles. The fourth-order valence-corrected chi connectivity index (χ4v) is 3.65. The third-order valence-electron chi connectivity index (χ3n) is 2.60. The standard InChI is InChI=1S/C13H23N3O2S2/c1-4-15-12(17)10-9(14)11(19-3)13(20-10)16-7-6-8-18-5-2/h16H,4-8,14H2,1-3H3,(H,15,17). The molecule has 7 heteroatoms. The smallest absolute Gasteiger partial charge is 0.263 e. The Bertz CT molecular complexity index is 435. The lowest BCUT2D eigenvalue weighted by atomic mass is 10.3. The van der Waals surface area contributed by atoms with Gasteiger partial charge in [-0.2, -0.15) is 0 Å². The molecule has 5 nitrogen and oxygen atoms in total. The second-order valence-corrected chi connectivity index (χ2v) is 5.88. The zero-order valence-corrected chi connectivity index (χ0v) is 13.9. The number of carbonyl (C=O) groups is 1. The van der Waals surface area contributed by atoms with Crippen molar-refractivity contribution in [3.05, 3.63) is 4.88 Å². The number of rotatable bonds is 9. The SMILES string of the molecule is CCNC(=O)c1sc(NCCCOCC)c(SC)c1N. The Kier molecular flexibility index (Phi) is 7.79. The van der Waals surface area contributed by atoms with Crippen LogP contribution in [0, 0.1) is 0 Å². The minimum absolute atomic E-state index is 0.104. The first-order valence-electron chi connectivity index (χ1n) is 6.71. The van der Waals surface area contributed by atoms with E-state index in [1.54, 1.807) is 11.8 Å². The molecule has 0 aliphatic rings. The van der Waals surface area contributed by atoms with Gasteiger partial charge in [-0.3, -0.25) is 4.79 Å². The monoisotopic (exact) mass is 317 g/mol. The maximum atomic E-state index is 11.9. The lowest BCUT2D eigenvalue weighted by molar-refractivity contribution is 0.0960. The highest BCUT2D eigenvalue weighted by molar-refractivity contribution is 7.99. The van der Waals surface area contributed by atoms with Crippen molar-refractivity contribution < 1.29 is 9.53 Å². The summed E-state index contributed by atoms with van der Waals surface area (Å²) in [4.78, 5) is 13.5. The van der Waals surface area contributed by atoms with Crippen molar-refractivity contribution in [1.29, 1.82) is 0 Å². The van der Waals surface area contributed by atoms with E-state index >= 15 is 0 Å². The number of carbonyl (C=O) groups excluding carboxylic acids is 1. The minimum atomic E-state index is -0.104. The molecule has 1 amide bonds. The van der Waals surface area contributed by atoms with Crippen molar-refractivity contribution in [2.24, 2.45) is 0 Å². The van der Waals surface area contributed by atoms with E-state index in [0.29, 0.717) is 17.1 Å². The number of ether oxygens (including phenoxy) is 1. The zero-order valence-electron chi connectivity index (χ0n) is 12.2. The molecule has 114 valence electrons. The second-order valence-electron chi connectivity index (χ2n) is 4.04. The summed E-state index contributed by atoms with van der Waals surface area (Å²) in [5, 5.41) is 7.09. The van der Waals surface area contributed by atoms with E-state index in [1.165, 1.54) is 11.3 Å². The van der Waals surface area contributed by atoms with Crippen molar-refractivity contribution in [2.75, 3.05) is 43.6 Å². The quantitative estimate of drug-likeness (QED) is 0.482. The number of thiophene rings is 1. The van der Waals surface area contributed by atoms with Crippen LogP contribution in [0.15, 0.2) is 4.90 Å². The maximum absolute atomic E-state index is 11.9. The molecular formula is C13H23N3O2S2. The van der Waals surface area contributed by atoms with Crippen molar-refractivity contribution in [1.82, 2.24) is 5.32 Å². The molecule has 1 aromatic rings. The summed E-state index contributed by atoms with van der Waals surface area (Å²) >= 11 is 2.97. The Morgan fingerprint density at radius 3 is 2.80 bits per heavy atom. The van der Waals surface area contributed by atoms with Crippen molar-refractivity contribution >= 4 is 39.7 Å². The number of nitrogen functional groups attached to an aromatic ring is 1. The van der Waals surface area contributed by atoms with Crippen LogP contribution in [0.25, 0.3) is 0 Å². The van der Waals surface area contributed by atoms with E-state index in [1.807, 2.05) is 20.1 Å². The lowest BCUT2D eigenvalue weighted by Gasteiger charge is -2.06. The Hall–Kier alpha value is -0.920.